The Balaban J connectivity index is 1.22. The Morgan fingerprint density at radius 3 is 3.03 bits per heavy atom. The minimum atomic E-state index is -0.285. The first-order chi connectivity index (χ1) is 14.0. The van der Waals surface area contributed by atoms with Gasteiger partial charge in [-0.15, -0.1) is 0 Å². The lowest BCUT2D eigenvalue weighted by molar-refractivity contribution is 0.0967. The number of ether oxygens (including phenoxy) is 1. The Morgan fingerprint density at radius 1 is 1.34 bits per heavy atom. The van der Waals surface area contributed by atoms with Crippen LogP contribution in [0.25, 0.3) is 10.9 Å². The summed E-state index contributed by atoms with van der Waals surface area (Å²) in [5.74, 6) is 1.09. The van der Waals surface area contributed by atoms with Crippen molar-refractivity contribution < 1.29 is 9.53 Å². The minimum absolute atomic E-state index is 0.0368. The molecule has 152 valence electrons. The van der Waals surface area contributed by atoms with Gasteiger partial charge in [0.05, 0.1) is 17.4 Å². The van der Waals surface area contributed by atoms with E-state index in [9.17, 15) is 4.79 Å². The van der Waals surface area contributed by atoms with Gasteiger partial charge in [0.15, 0.2) is 5.82 Å². The Bertz CT molecular complexity index is 1050. The van der Waals surface area contributed by atoms with Crippen LogP contribution in [-0.4, -0.2) is 37.7 Å². The lowest BCUT2D eigenvalue weighted by Crippen LogP contribution is -2.36. The molecule has 1 aromatic carbocycles. The average molecular weight is 394 g/mol. The third-order valence-electron chi connectivity index (χ3n) is 6.12. The first-order valence-corrected chi connectivity index (χ1v) is 10.2. The Hall–Kier alpha value is -3.03. The fourth-order valence-electron chi connectivity index (χ4n) is 4.15. The maximum Gasteiger partial charge on any atom is 0.407 e. The molecule has 2 atom stereocenters. The second kappa shape index (κ2) is 6.79. The first-order valence-electron chi connectivity index (χ1n) is 10.2. The van der Waals surface area contributed by atoms with Gasteiger partial charge in [-0.3, -0.25) is 9.78 Å². The van der Waals surface area contributed by atoms with E-state index < -0.39 is 0 Å². The average Bonchev–Trinajstić information content (AvgIpc) is 3.10. The van der Waals surface area contributed by atoms with Crippen LogP contribution < -0.4 is 10.6 Å². The fourth-order valence-corrected chi connectivity index (χ4v) is 4.15. The normalized spacial score (nSPS) is 22.6. The van der Waals surface area contributed by atoms with Crippen LogP contribution >= 0.6 is 0 Å². The summed E-state index contributed by atoms with van der Waals surface area (Å²) in [6.07, 6.45) is 6.28. The molecular formula is C21H26N6O2. The van der Waals surface area contributed by atoms with E-state index in [2.05, 4.69) is 32.9 Å². The molecule has 3 N–H and O–H groups in total. The summed E-state index contributed by atoms with van der Waals surface area (Å²) < 4.78 is 7.48. The molecule has 8 nitrogen and oxygen atoms in total. The largest absolute Gasteiger partial charge is 0.446 e. The lowest BCUT2D eigenvalue weighted by Gasteiger charge is -2.16. The van der Waals surface area contributed by atoms with Crippen molar-refractivity contribution in [2.24, 2.45) is 7.05 Å². The van der Waals surface area contributed by atoms with Crippen LogP contribution in [0, 0.1) is 0 Å². The van der Waals surface area contributed by atoms with Gasteiger partial charge < -0.3 is 15.4 Å². The number of nitrogens with zero attached hydrogens (tertiary/aromatic N) is 3. The molecule has 2 aliphatic rings. The number of carbonyl (C=O) groups excluding carboxylic acids is 1. The van der Waals surface area contributed by atoms with Gasteiger partial charge in [0.2, 0.25) is 0 Å². The van der Waals surface area contributed by atoms with Gasteiger partial charge in [0.1, 0.15) is 6.10 Å². The van der Waals surface area contributed by atoms with Crippen molar-refractivity contribution in [1.29, 1.82) is 0 Å². The first kappa shape index (κ1) is 18.0. The third-order valence-corrected chi connectivity index (χ3v) is 6.12. The lowest BCUT2D eigenvalue weighted by atomic mass is 10.0. The number of hydrogen-bond acceptors (Lipinski definition) is 5. The molecule has 8 heteroatoms. The summed E-state index contributed by atoms with van der Waals surface area (Å²) >= 11 is 0. The molecule has 0 spiro atoms. The highest BCUT2D eigenvalue weighted by molar-refractivity contribution is 5.92. The van der Waals surface area contributed by atoms with Gasteiger partial charge in [-0.25, -0.2) is 4.79 Å². The SMILES string of the molecule is Cn1ncc2cccc(Nc3cc(C4CCC(OC(=O)NC5(C)CC5)C4)[nH]n3)c21. The van der Waals surface area contributed by atoms with Crippen molar-refractivity contribution >= 4 is 28.5 Å². The summed E-state index contributed by atoms with van der Waals surface area (Å²) in [6.45, 7) is 2.05. The fraction of sp³-hybridized carbons (Fsp3) is 0.476. The molecule has 29 heavy (non-hydrogen) atoms. The highest BCUT2D eigenvalue weighted by Gasteiger charge is 2.40. The molecule has 5 rings (SSSR count). The molecule has 2 unspecified atom stereocenters. The molecule has 0 saturated heterocycles. The molecule has 2 heterocycles. The number of H-pyrrole nitrogens is 1. The van der Waals surface area contributed by atoms with Gasteiger partial charge in [0.25, 0.3) is 0 Å². The van der Waals surface area contributed by atoms with Crippen LogP contribution in [0.1, 0.15) is 50.6 Å². The molecule has 0 radical (unpaired) electrons. The van der Waals surface area contributed by atoms with Crippen LogP contribution in [0.5, 0.6) is 0 Å². The number of nitrogens with one attached hydrogen (secondary N) is 3. The maximum absolute atomic E-state index is 12.0. The maximum atomic E-state index is 12.0. The van der Waals surface area contributed by atoms with Crippen LogP contribution in [0.2, 0.25) is 0 Å². The third kappa shape index (κ3) is 3.66. The summed E-state index contributed by atoms with van der Waals surface area (Å²) in [5, 5.41) is 19.4. The molecule has 1 amide bonds. The van der Waals surface area contributed by atoms with Crippen molar-refractivity contribution in [3.05, 3.63) is 36.2 Å². The molecule has 0 bridgehead atoms. The zero-order chi connectivity index (χ0) is 20.0. The number of aromatic nitrogens is 4. The highest BCUT2D eigenvalue weighted by Crippen LogP contribution is 2.37. The molecule has 0 aliphatic heterocycles. The van der Waals surface area contributed by atoms with Gasteiger partial charge in [-0.1, -0.05) is 12.1 Å². The van der Waals surface area contributed by atoms with E-state index in [1.165, 1.54) is 0 Å². The second-order valence-corrected chi connectivity index (χ2v) is 8.57. The zero-order valence-electron chi connectivity index (χ0n) is 16.7. The van der Waals surface area contributed by atoms with Gasteiger partial charge in [-0.2, -0.15) is 10.2 Å². The number of amides is 1. The molecule has 2 aliphatic carbocycles. The number of aryl methyl sites for hydroxylation is 1. The summed E-state index contributed by atoms with van der Waals surface area (Å²) in [7, 11) is 1.93. The van der Waals surface area contributed by atoms with Gasteiger partial charge >= 0.3 is 6.09 Å². The van der Waals surface area contributed by atoms with Crippen LogP contribution in [0.15, 0.2) is 30.5 Å². The molecular weight excluding hydrogens is 368 g/mol. The second-order valence-electron chi connectivity index (χ2n) is 8.57. The van der Waals surface area contributed by atoms with Gasteiger partial charge in [0, 0.05) is 35.7 Å². The number of anilines is 2. The number of para-hydroxylation sites is 1. The molecule has 2 fully saturated rings. The summed E-state index contributed by atoms with van der Waals surface area (Å²) in [5.41, 5.74) is 3.04. The number of fused-ring (bicyclic) bond motifs is 1. The monoisotopic (exact) mass is 394 g/mol. The summed E-state index contributed by atoms with van der Waals surface area (Å²) in [4.78, 5) is 12.0. The Kier molecular flexibility index (Phi) is 4.22. The number of aromatic amines is 1. The van der Waals surface area contributed by atoms with Gasteiger partial charge in [-0.05, 0) is 45.1 Å². The van der Waals surface area contributed by atoms with E-state index in [0.29, 0.717) is 5.92 Å². The number of benzene rings is 1. The van der Waals surface area contributed by atoms with Crippen molar-refractivity contribution in [2.75, 3.05) is 5.32 Å². The number of rotatable bonds is 5. The Morgan fingerprint density at radius 2 is 2.21 bits per heavy atom. The predicted molar refractivity (Wildman–Crippen MR) is 110 cm³/mol. The van der Waals surface area contributed by atoms with Crippen molar-refractivity contribution in [3.63, 3.8) is 0 Å². The molecule has 2 aromatic heterocycles. The van der Waals surface area contributed by atoms with Crippen LogP contribution in [-0.2, 0) is 11.8 Å². The zero-order valence-corrected chi connectivity index (χ0v) is 16.7. The van der Waals surface area contributed by atoms with E-state index in [4.69, 9.17) is 4.74 Å². The van der Waals surface area contributed by atoms with E-state index in [1.807, 2.05) is 42.2 Å². The minimum Gasteiger partial charge on any atom is -0.446 e. The van der Waals surface area contributed by atoms with E-state index >= 15 is 0 Å². The topological polar surface area (TPSA) is 96.9 Å². The Labute approximate surface area is 169 Å². The van der Waals surface area contributed by atoms with E-state index in [1.54, 1.807) is 0 Å². The number of alkyl carbamates (subject to hydrolysis) is 1. The molecule has 2 saturated carbocycles. The predicted octanol–water partition coefficient (Wildman–Crippen LogP) is 3.95. The van der Waals surface area contributed by atoms with E-state index in [0.717, 1.165) is 60.2 Å². The summed E-state index contributed by atoms with van der Waals surface area (Å²) in [6, 6.07) is 8.12. The van der Waals surface area contributed by atoms with Crippen molar-refractivity contribution in [1.82, 2.24) is 25.3 Å². The standard InChI is InChI=1S/C21H26N6O2/c1-21(8-9-21)24-20(28)29-15-7-6-13(10-15)17-11-18(26-25-17)23-16-5-3-4-14-12-22-27(2)19(14)16/h3-5,11-13,15H,6-10H2,1-2H3,(H,24,28)(H2,23,25,26). The van der Waals surface area contributed by atoms with Crippen molar-refractivity contribution in [2.45, 2.75) is 56.6 Å². The highest BCUT2D eigenvalue weighted by atomic mass is 16.6. The number of carbonyl (C=O) groups is 1. The number of hydrogen-bond donors (Lipinski definition) is 3. The van der Waals surface area contributed by atoms with E-state index in [-0.39, 0.29) is 17.7 Å². The van der Waals surface area contributed by atoms with Crippen LogP contribution in [0.4, 0.5) is 16.3 Å². The quantitative estimate of drug-likeness (QED) is 0.609. The van der Waals surface area contributed by atoms with Crippen LogP contribution in [0.3, 0.4) is 0 Å². The molecule has 3 aromatic rings. The van der Waals surface area contributed by atoms with Crippen molar-refractivity contribution in [3.8, 4) is 0 Å². The smallest absolute Gasteiger partial charge is 0.407 e.